The van der Waals surface area contributed by atoms with Crippen LogP contribution >= 0.6 is 0 Å². The average Bonchev–Trinajstić information content (AvgIpc) is 2.80. The minimum absolute atomic E-state index is 0.0247. The molecule has 0 saturated heterocycles. The van der Waals surface area contributed by atoms with E-state index in [1.165, 1.54) is 69.8 Å². The zero-order chi connectivity index (χ0) is 23.6. The lowest BCUT2D eigenvalue weighted by Crippen LogP contribution is -2.45. The quantitative estimate of drug-likeness (QED) is 0.191. The summed E-state index contributed by atoms with van der Waals surface area (Å²) >= 11 is 0. The third kappa shape index (κ3) is 12.3. The van der Waals surface area contributed by atoms with Crippen LogP contribution in [0.4, 0.5) is 0 Å². The lowest BCUT2D eigenvalue weighted by Gasteiger charge is -2.21. The van der Waals surface area contributed by atoms with Gasteiger partial charge in [-0.25, -0.2) is 4.79 Å². The summed E-state index contributed by atoms with van der Waals surface area (Å²) in [6.45, 7) is 8.62. The fraction of sp³-hybridized carbons (Fsp3) is 0.714. The maximum absolute atomic E-state index is 12.5. The maximum Gasteiger partial charge on any atom is 0.328 e. The molecule has 0 aliphatic carbocycles. The van der Waals surface area contributed by atoms with Crippen LogP contribution in [-0.2, 0) is 16.0 Å². The van der Waals surface area contributed by atoms with Crippen molar-refractivity contribution in [2.75, 3.05) is 6.61 Å². The molecule has 1 atom stereocenters. The number of nitrogens with one attached hydrogen (secondary N) is 1. The fourth-order valence-electron chi connectivity index (χ4n) is 3.82. The third-order valence-electron chi connectivity index (χ3n) is 6.07. The van der Waals surface area contributed by atoms with Crippen LogP contribution < -0.4 is 5.32 Å². The van der Waals surface area contributed by atoms with E-state index in [-0.39, 0.29) is 17.8 Å². The van der Waals surface area contributed by atoms with E-state index in [9.17, 15) is 9.59 Å². The summed E-state index contributed by atoms with van der Waals surface area (Å²) < 4.78 is 5.48. The highest BCUT2D eigenvalue weighted by atomic mass is 16.5. The normalized spacial score (nSPS) is 12.0. The van der Waals surface area contributed by atoms with Gasteiger partial charge in [0.05, 0.1) is 6.61 Å². The van der Waals surface area contributed by atoms with Crippen molar-refractivity contribution in [2.45, 2.75) is 117 Å². The second kappa shape index (κ2) is 17.7. The van der Waals surface area contributed by atoms with Gasteiger partial charge in [0, 0.05) is 5.56 Å². The Bertz CT molecular complexity index is 624. The number of ether oxygens (including phenoxy) is 1. The number of unbranched alkanes of at least 4 members (excludes halogenated alkanes) is 11. The van der Waals surface area contributed by atoms with Crippen LogP contribution in [0.3, 0.4) is 0 Å². The Hall–Kier alpha value is -1.84. The first kappa shape index (κ1) is 28.2. The van der Waals surface area contributed by atoms with Gasteiger partial charge in [0.25, 0.3) is 5.91 Å². The van der Waals surface area contributed by atoms with Gasteiger partial charge in [-0.1, -0.05) is 110 Å². The van der Waals surface area contributed by atoms with Crippen LogP contribution in [0, 0.1) is 5.92 Å². The average molecular weight is 446 g/mol. The van der Waals surface area contributed by atoms with Crippen molar-refractivity contribution in [1.82, 2.24) is 5.32 Å². The number of carbonyl (C=O) groups excluding carboxylic acids is 2. The zero-order valence-corrected chi connectivity index (χ0v) is 21.1. The van der Waals surface area contributed by atoms with E-state index in [0.29, 0.717) is 12.2 Å². The molecule has 32 heavy (non-hydrogen) atoms. The molecule has 0 heterocycles. The van der Waals surface area contributed by atoms with Gasteiger partial charge in [-0.2, -0.15) is 0 Å². The minimum atomic E-state index is -0.620. The Morgan fingerprint density at radius 1 is 0.781 bits per heavy atom. The van der Waals surface area contributed by atoms with Crippen LogP contribution in [0.15, 0.2) is 24.3 Å². The molecule has 0 bridgehead atoms. The molecule has 4 heteroatoms. The predicted molar refractivity (Wildman–Crippen MR) is 134 cm³/mol. The molecule has 1 unspecified atom stereocenters. The monoisotopic (exact) mass is 445 g/mol. The summed E-state index contributed by atoms with van der Waals surface area (Å²) in [5.74, 6) is -0.585. The van der Waals surface area contributed by atoms with Crippen molar-refractivity contribution >= 4 is 11.9 Å². The van der Waals surface area contributed by atoms with Gasteiger partial charge in [0.1, 0.15) is 6.04 Å². The SMILES string of the molecule is CCCCCCCCCCCCCCOC(=O)C(NC(=O)c1ccc(CC)cc1)C(C)C. The zero-order valence-electron chi connectivity index (χ0n) is 21.1. The van der Waals surface area contributed by atoms with Gasteiger partial charge in [-0.15, -0.1) is 0 Å². The lowest BCUT2D eigenvalue weighted by atomic mass is 10.0. The largest absolute Gasteiger partial charge is 0.464 e. The Morgan fingerprint density at radius 3 is 1.75 bits per heavy atom. The molecular formula is C28H47NO3. The predicted octanol–water partition coefficient (Wildman–Crippen LogP) is 7.25. The van der Waals surface area contributed by atoms with Crippen LogP contribution in [-0.4, -0.2) is 24.5 Å². The molecule has 1 aromatic carbocycles. The van der Waals surface area contributed by atoms with E-state index in [1.54, 1.807) is 0 Å². The van der Waals surface area contributed by atoms with E-state index in [0.717, 1.165) is 19.3 Å². The highest BCUT2D eigenvalue weighted by Gasteiger charge is 2.26. The summed E-state index contributed by atoms with van der Waals surface area (Å²) in [5, 5.41) is 2.85. The van der Waals surface area contributed by atoms with Gasteiger partial charge in [-0.3, -0.25) is 4.79 Å². The Morgan fingerprint density at radius 2 is 1.28 bits per heavy atom. The third-order valence-corrected chi connectivity index (χ3v) is 6.07. The molecule has 0 spiro atoms. The Labute approximate surface area is 196 Å². The number of amides is 1. The van der Waals surface area contributed by atoms with E-state index in [4.69, 9.17) is 4.74 Å². The van der Waals surface area contributed by atoms with Crippen molar-refractivity contribution in [3.63, 3.8) is 0 Å². The van der Waals surface area contributed by atoms with E-state index in [1.807, 2.05) is 38.1 Å². The standard InChI is InChI=1S/C28H47NO3/c1-5-7-8-9-10-11-12-13-14-15-16-17-22-32-28(31)26(23(3)4)29-27(30)25-20-18-24(6-2)19-21-25/h18-21,23,26H,5-17,22H2,1-4H3,(H,29,30). The van der Waals surface area contributed by atoms with E-state index < -0.39 is 6.04 Å². The highest BCUT2D eigenvalue weighted by Crippen LogP contribution is 2.13. The van der Waals surface area contributed by atoms with Gasteiger partial charge in [0.15, 0.2) is 0 Å². The van der Waals surface area contributed by atoms with Crippen LogP contribution in [0.25, 0.3) is 0 Å². The number of aryl methyl sites for hydroxylation is 1. The molecule has 1 aromatic rings. The van der Waals surface area contributed by atoms with E-state index in [2.05, 4.69) is 19.2 Å². The number of hydrogen-bond acceptors (Lipinski definition) is 3. The lowest BCUT2D eigenvalue weighted by molar-refractivity contribution is -0.147. The topological polar surface area (TPSA) is 55.4 Å². The molecule has 0 radical (unpaired) electrons. The molecule has 4 nitrogen and oxygen atoms in total. The first-order chi connectivity index (χ1) is 15.5. The molecule has 0 aromatic heterocycles. The number of rotatable bonds is 18. The number of hydrogen-bond donors (Lipinski definition) is 1. The smallest absolute Gasteiger partial charge is 0.328 e. The summed E-state index contributed by atoms with van der Waals surface area (Å²) in [6, 6.07) is 6.90. The molecule has 1 rings (SSSR count). The number of esters is 1. The van der Waals surface area contributed by atoms with Gasteiger partial charge in [0.2, 0.25) is 0 Å². The molecule has 0 saturated carbocycles. The van der Waals surface area contributed by atoms with Crippen LogP contribution in [0.2, 0.25) is 0 Å². The number of benzene rings is 1. The van der Waals surface area contributed by atoms with Crippen molar-refractivity contribution in [1.29, 1.82) is 0 Å². The molecule has 0 aliphatic rings. The molecule has 0 fully saturated rings. The summed E-state index contributed by atoms with van der Waals surface area (Å²) in [5.41, 5.74) is 1.75. The van der Waals surface area contributed by atoms with Crippen molar-refractivity contribution in [2.24, 2.45) is 5.92 Å². The van der Waals surface area contributed by atoms with Gasteiger partial charge >= 0.3 is 5.97 Å². The van der Waals surface area contributed by atoms with Crippen molar-refractivity contribution < 1.29 is 14.3 Å². The Balaban J connectivity index is 2.17. The molecule has 1 amide bonds. The molecule has 0 aliphatic heterocycles. The molecular weight excluding hydrogens is 398 g/mol. The second-order valence-electron chi connectivity index (χ2n) is 9.30. The van der Waals surface area contributed by atoms with E-state index >= 15 is 0 Å². The molecule has 1 N–H and O–H groups in total. The van der Waals surface area contributed by atoms with Crippen molar-refractivity contribution in [3.8, 4) is 0 Å². The fourth-order valence-corrected chi connectivity index (χ4v) is 3.82. The van der Waals surface area contributed by atoms with Crippen molar-refractivity contribution in [3.05, 3.63) is 35.4 Å². The summed E-state index contributed by atoms with van der Waals surface area (Å²) in [6.07, 6.45) is 16.3. The van der Waals surface area contributed by atoms with Crippen LogP contribution in [0.1, 0.15) is 121 Å². The van der Waals surface area contributed by atoms with Gasteiger partial charge in [-0.05, 0) is 36.5 Å². The Kier molecular flexibility index (Phi) is 15.6. The minimum Gasteiger partial charge on any atom is -0.464 e. The first-order valence-electron chi connectivity index (χ1n) is 13.1. The van der Waals surface area contributed by atoms with Gasteiger partial charge < -0.3 is 10.1 Å². The summed E-state index contributed by atoms with van der Waals surface area (Å²) in [7, 11) is 0. The first-order valence-corrected chi connectivity index (χ1v) is 13.1. The second-order valence-corrected chi connectivity index (χ2v) is 9.30. The highest BCUT2D eigenvalue weighted by molar-refractivity contribution is 5.96. The van der Waals surface area contributed by atoms with Crippen LogP contribution in [0.5, 0.6) is 0 Å². The summed E-state index contributed by atoms with van der Waals surface area (Å²) in [4.78, 5) is 25.0. The number of carbonyl (C=O) groups is 2. The molecule has 182 valence electrons. The maximum atomic E-state index is 12.5.